The Labute approximate surface area is 149 Å². The first-order valence-corrected chi connectivity index (χ1v) is 9.04. The molecule has 0 saturated heterocycles. The molecular weight excluding hydrogens is 340 g/mol. The van der Waals surface area contributed by atoms with Gasteiger partial charge in [-0.25, -0.2) is 0 Å². The maximum absolute atomic E-state index is 12.3. The zero-order chi connectivity index (χ0) is 17.4. The van der Waals surface area contributed by atoms with Crippen LogP contribution in [0.2, 0.25) is 0 Å². The standard InChI is InChI=1S/C18H18N2O4S/c1-10-5-6-14-11(7-10)8-15(25-14)18(22)20-19-17(21)12-3-2-4-13-16(12)24-9-23-13/h2-4,8,10H,5-7,9H2,1H3,(H,19,21)(H,20,22). The monoisotopic (exact) mass is 358 g/mol. The molecule has 2 heterocycles. The van der Waals surface area contributed by atoms with Crippen LogP contribution in [0.25, 0.3) is 0 Å². The fourth-order valence-electron chi connectivity index (χ4n) is 3.17. The minimum Gasteiger partial charge on any atom is -0.454 e. The molecule has 2 amide bonds. The van der Waals surface area contributed by atoms with Gasteiger partial charge in [0.25, 0.3) is 11.8 Å². The minimum absolute atomic E-state index is 0.0884. The molecule has 1 aliphatic heterocycles. The summed E-state index contributed by atoms with van der Waals surface area (Å²) >= 11 is 1.51. The van der Waals surface area contributed by atoms with Crippen LogP contribution < -0.4 is 20.3 Å². The van der Waals surface area contributed by atoms with E-state index in [1.54, 1.807) is 18.2 Å². The number of carbonyl (C=O) groups is 2. The number of hydrazine groups is 1. The van der Waals surface area contributed by atoms with E-state index < -0.39 is 5.91 Å². The predicted molar refractivity (Wildman–Crippen MR) is 93.0 cm³/mol. The van der Waals surface area contributed by atoms with Crippen LogP contribution in [0.5, 0.6) is 11.5 Å². The average Bonchev–Trinajstić information content (AvgIpc) is 3.24. The Hall–Kier alpha value is -2.54. The molecule has 1 unspecified atom stereocenters. The summed E-state index contributed by atoms with van der Waals surface area (Å²) in [5.74, 6) is 0.838. The SMILES string of the molecule is CC1CCc2sc(C(=O)NNC(=O)c3cccc4c3OCO4)cc2C1. The molecule has 130 valence electrons. The van der Waals surface area contributed by atoms with Crippen molar-refractivity contribution in [1.82, 2.24) is 10.9 Å². The third-order valence-electron chi connectivity index (χ3n) is 4.48. The Kier molecular flexibility index (Phi) is 4.09. The maximum Gasteiger partial charge on any atom is 0.279 e. The second-order valence-corrected chi connectivity index (χ2v) is 7.49. The van der Waals surface area contributed by atoms with Crippen molar-refractivity contribution in [3.63, 3.8) is 0 Å². The van der Waals surface area contributed by atoms with Gasteiger partial charge in [-0.3, -0.25) is 20.4 Å². The minimum atomic E-state index is -0.439. The van der Waals surface area contributed by atoms with Gasteiger partial charge in [-0.1, -0.05) is 13.0 Å². The van der Waals surface area contributed by atoms with Crippen LogP contribution >= 0.6 is 11.3 Å². The van der Waals surface area contributed by atoms with Crippen LogP contribution in [0, 0.1) is 5.92 Å². The quantitative estimate of drug-likeness (QED) is 0.809. The summed E-state index contributed by atoms with van der Waals surface area (Å²) in [6.45, 7) is 2.32. The Morgan fingerprint density at radius 1 is 1.20 bits per heavy atom. The number of thiophene rings is 1. The van der Waals surface area contributed by atoms with E-state index in [0.717, 1.165) is 19.3 Å². The molecule has 2 aromatic rings. The molecule has 1 aliphatic carbocycles. The van der Waals surface area contributed by atoms with Crippen LogP contribution in [0.4, 0.5) is 0 Å². The normalized spacial score (nSPS) is 17.7. The van der Waals surface area contributed by atoms with E-state index in [9.17, 15) is 9.59 Å². The third-order valence-corrected chi connectivity index (χ3v) is 5.72. The number of benzene rings is 1. The summed E-state index contributed by atoms with van der Waals surface area (Å²) < 4.78 is 10.6. The zero-order valence-corrected chi connectivity index (χ0v) is 14.6. The second kappa shape index (κ2) is 6.40. The Balaban J connectivity index is 1.42. The van der Waals surface area contributed by atoms with E-state index in [4.69, 9.17) is 9.47 Å². The summed E-state index contributed by atoms with van der Waals surface area (Å²) in [7, 11) is 0. The molecule has 2 aliphatic rings. The zero-order valence-electron chi connectivity index (χ0n) is 13.8. The van der Waals surface area contributed by atoms with Crippen molar-refractivity contribution < 1.29 is 19.1 Å². The van der Waals surface area contributed by atoms with Gasteiger partial charge in [-0.05, 0) is 48.9 Å². The average molecular weight is 358 g/mol. The lowest BCUT2D eigenvalue weighted by molar-refractivity contribution is 0.0846. The van der Waals surface area contributed by atoms with E-state index in [2.05, 4.69) is 17.8 Å². The first kappa shape index (κ1) is 16.0. The van der Waals surface area contributed by atoms with E-state index >= 15 is 0 Å². The summed E-state index contributed by atoms with van der Waals surface area (Å²) in [6.07, 6.45) is 3.19. The molecule has 0 bridgehead atoms. The molecular formula is C18H18N2O4S. The molecule has 7 heteroatoms. The number of carbonyl (C=O) groups excluding carboxylic acids is 2. The molecule has 0 saturated carbocycles. The number of ether oxygens (including phenoxy) is 2. The van der Waals surface area contributed by atoms with Gasteiger partial charge in [0.15, 0.2) is 11.5 Å². The highest BCUT2D eigenvalue weighted by molar-refractivity contribution is 7.14. The smallest absolute Gasteiger partial charge is 0.279 e. The lowest BCUT2D eigenvalue weighted by atomic mass is 9.90. The van der Waals surface area contributed by atoms with Crippen molar-refractivity contribution in [2.24, 2.45) is 5.92 Å². The second-order valence-electron chi connectivity index (χ2n) is 6.35. The summed E-state index contributed by atoms with van der Waals surface area (Å²) in [6, 6.07) is 7.00. The predicted octanol–water partition coefficient (Wildman–Crippen LogP) is 2.68. The van der Waals surface area contributed by atoms with Crippen molar-refractivity contribution in [3.8, 4) is 11.5 Å². The van der Waals surface area contributed by atoms with E-state index in [0.29, 0.717) is 27.9 Å². The molecule has 1 aromatic carbocycles. The number of hydrogen-bond donors (Lipinski definition) is 2. The topological polar surface area (TPSA) is 76.7 Å². The van der Waals surface area contributed by atoms with Gasteiger partial charge in [-0.2, -0.15) is 0 Å². The third kappa shape index (κ3) is 3.07. The lowest BCUT2D eigenvalue weighted by Crippen LogP contribution is -2.41. The number of aryl methyl sites for hydroxylation is 1. The van der Waals surface area contributed by atoms with Crippen LogP contribution in [0.3, 0.4) is 0 Å². The lowest BCUT2D eigenvalue weighted by Gasteiger charge is -2.16. The first-order chi connectivity index (χ1) is 12.1. The number of fused-ring (bicyclic) bond motifs is 2. The van der Waals surface area contributed by atoms with Crippen LogP contribution in [0.15, 0.2) is 24.3 Å². The molecule has 1 atom stereocenters. The highest BCUT2D eigenvalue weighted by atomic mass is 32.1. The van der Waals surface area contributed by atoms with Gasteiger partial charge in [0.05, 0.1) is 10.4 Å². The van der Waals surface area contributed by atoms with Gasteiger partial charge in [0.1, 0.15) is 0 Å². The molecule has 25 heavy (non-hydrogen) atoms. The van der Waals surface area contributed by atoms with E-state index in [1.165, 1.54) is 21.8 Å². The highest BCUT2D eigenvalue weighted by Crippen LogP contribution is 2.35. The van der Waals surface area contributed by atoms with Crippen molar-refractivity contribution >= 4 is 23.2 Å². The van der Waals surface area contributed by atoms with Crippen molar-refractivity contribution in [1.29, 1.82) is 0 Å². The van der Waals surface area contributed by atoms with Crippen molar-refractivity contribution in [2.45, 2.75) is 26.2 Å². The summed E-state index contributed by atoms with van der Waals surface area (Å²) in [4.78, 5) is 26.6. The molecule has 4 rings (SSSR count). The van der Waals surface area contributed by atoms with Gasteiger partial charge in [-0.15, -0.1) is 11.3 Å². The van der Waals surface area contributed by atoms with Gasteiger partial charge in [0.2, 0.25) is 6.79 Å². The van der Waals surface area contributed by atoms with Crippen LogP contribution in [-0.2, 0) is 12.8 Å². The van der Waals surface area contributed by atoms with E-state index in [1.807, 2.05) is 6.07 Å². The largest absolute Gasteiger partial charge is 0.454 e. The Morgan fingerprint density at radius 3 is 2.92 bits per heavy atom. The maximum atomic E-state index is 12.3. The van der Waals surface area contributed by atoms with Gasteiger partial charge < -0.3 is 9.47 Å². The molecule has 0 radical (unpaired) electrons. The number of para-hydroxylation sites is 1. The molecule has 0 spiro atoms. The van der Waals surface area contributed by atoms with Gasteiger partial charge >= 0.3 is 0 Å². The summed E-state index contributed by atoms with van der Waals surface area (Å²) in [5, 5.41) is 0. The first-order valence-electron chi connectivity index (χ1n) is 8.22. The summed E-state index contributed by atoms with van der Waals surface area (Å²) in [5.41, 5.74) is 6.52. The fourth-order valence-corrected chi connectivity index (χ4v) is 4.27. The molecule has 2 N–H and O–H groups in total. The van der Waals surface area contributed by atoms with Crippen LogP contribution in [-0.4, -0.2) is 18.6 Å². The molecule has 1 aromatic heterocycles. The van der Waals surface area contributed by atoms with E-state index in [-0.39, 0.29) is 12.7 Å². The fraction of sp³-hybridized carbons (Fsp3) is 0.333. The number of nitrogens with one attached hydrogen (secondary N) is 2. The highest BCUT2D eigenvalue weighted by Gasteiger charge is 2.23. The Morgan fingerprint density at radius 2 is 2.04 bits per heavy atom. The van der Waals surface area contributed by atoms with Crippen LogP contribution in [0.1, 0.15) is 43.8 Å². The molecule has 0 fully saturated rings. The van der Waals surface area contributed by atoms with Gasteiger partial charge in [0, 0.05) is 4.88 Å². The number of rotatable bonds is 2. The van der Waals surface area contributed by atoms with Crippen molar-refractivity contribution in [2.75, 3.05) is 6.79 Å². The van der Waals surface area contributed by atoms with Crippen molar-refractivity contribution in [3.05, 3.63) is 45.1 Å². The molecule has 6 nitrogen and oxygen atoms in total. The Bertz CT molecular complexity index is 846. The number of hydrogen-bond acceptors (Lipinski definition) is 5. The number of amides is 2.